The zero-order chi connectivity index (χ0) is 22.1. The molecule has 2 aromatic carbocycles. The minimum atomic E-state index is -0.368. The smallest absolute Gasteiger partial charge is 0.316 e. The summed E-state index contributed by atoms with van der Waals surface area (Å²) in [5, 5.41) is 7.87. The van der Waals surface area contributed by atoms with Crippen molar-refractivity contribution in [3.05, 3.63) is 65.0 Å². The second-order valence-electron chi connectivity index (χ2n) is 8.26. The molecule has 2 aromatic heterocycles. The minimum absolute atomic E-state index is 0.0557. The first kappa shape index (κ1) is 20.3. The summed E-state index contributed by atoms with van der Waals surface area (Å²) in [6, 6.07) is 14.5. The molecule has 5 rings (SSSR count). The van der Waals surface area contributed by atoms with Crippen molar-refractivity contribution >= 4 is 22.6 Å². The molecule has 0 saturated heterocycles. The molecule has 0 aliphatic carbocycles. The van der Waals surface area contributed by atoms with Crippen LogP contribution < -0.4 is 10.2 Å². The van der Waals surface area contributed by atoms with Crippen LogP contribution in [0.2, 0.25) is 0 Å². The monoisotopic (exact) mass is 430 g/mol. The Hall–Kier alpha value is -3.61. The Kier molecular flexibility index (Phi) is 5.39. The zero-order valence-electron chi connectivity index (χ0n) is 18.4. The summed E-state index contributed by atoms with van der Waals surface area (Å²) in [6.45, 7) is 6.43. The highest BCUT2D eigenvalue weighted by Crippen LogP contribution is 2.33. The van der Waals surface area contributed by atoms with Gasteiger partial charge in [0.05, 0.1) is 0 Å². The third-order valence-corrected chi connectivity index (χ3v) is 6.08. The number of rotatable bonds is 6. The van der Waals surface area contributed by atoms with Gasteiger partial charge in [0.15, 0.2) is 5.76 Å². The topological polar surface area (TPSA) is 84.4 Å². The van der Waals surface area contributed by atoms with Gasteiger partial charge in [0.25, 0.3) is 0 Å². The molecule has 1 amide bonds. The number of benzene rings is 2. The highest BCUT2D eigenvalue weighted by molar-refractivity contribution is 5.91. The van der Waals surface area contributed by atoms with Crippen molar-refractivity contribution in [1.82, 2.24) is 15.5 Å². The molecule has 0 bridgehead atoms. The first-order valence-electron chi connectivity index (χ1n) is 11.1. The van der Waals surface area contributed by atoms with Gasteiger partial charge >= 0.3 is 11.8 Å². The molecule has 0 atom stereocenters. The van der Waals surface area contributed by atoms with Crippen LogP contribution in [0.5, 0.6) is 0 Å². The van der Waals surface area contributed by atoms with E-state index in [0.717, 1.165) is 54.4 Å². The molecule has 4 aromatic rings. The van der Waals surface area contributed by atoms with Crippen molar-refractivity contribution in [2.45, 2.75) is 33.1 Å². The average Bonchev–Trinajstić information content (AvgIpc) is 3.43. The molecule has 7 heteroatoms. The highest BCUT2D eigenvalue weighted by Gasteiger charge is 2.22. The third kappa shape index (κ3) is 3.75. The number of hydrogen-bond acceptors (Lipinski definition) is 6. The van der Waals surface area contributed by atoms with E-state index in [0.29, 0.717) is 12.3 Å². The second kappa shape index (κ2) is 8.49. The van der Waals surface area contributed by atoms with Crippen LogP contribution in [0, 0.1) is 13.8 Å². The number of aryl methyl sites for hydroxylation is 3. The van der Waals surface area contributed by atoms with Gasteiger partial charge < -0.3 is 19.2 Å². The Morgan fingerprint density at radius 1 is 1.16 bits per heavy atom. The number of para-hydroxylation sites is 2. The fraction of sp³-hybridized carbons (Fsp3) is 0.320. The van der Waals surface area contributed by atoms with Gasteiger partial charge in [-0.25, -0.2) is 0 Å². The second-order valence-corrected chi connectivity index (χ2v) is 8.26. The molecule has 3 heterocycles. The van der Waals surface area contributed by atoms with Gasteiger partial charge in [0.2, 0.25) is 5.82 Å². The number of fused-ring (bicyclic) bond motifs is 2. The molecule has 7 nitrogen and oxygen atoms in total. The van der Waals surface area contributed by atoms with Crippen molar-refractivity contribution in [1.29, 1.82) is 0 Å². The van der Waals surface area contributed by atoms with Crippen LogP contribution in [0.15, 0.2) is 51.4 Å². The van der Waals surface area contributed by atoms with E-state index in [1.54, 1.807) is 0 Å². The van der Waals surface area contributed by atoms with E-state index in [1.807, 2.05) is 32.0 Å². The van der Waals surface area contributed by atoms with Gasteiger partial charge in [0.1, 0.15) is 5.58 Å². The molecule has 0 radical (unpaired) electrons. The van der Waals surface area contributed by atoms with Crippen molar-refractivity contribution in [3.63, 3.8) is 0 Å². The van der Waals surface area contributed by atoms with E-state index in [1.165, 1.54) is 11.3 Å². The number of hydrogen-bond donors (Lipinski definition) is 1. The number of aromatic nitrogens is 2. The lowest BCUT2D eigenvalue weighted by Crippen LogP contribution is -2.33. The van der Waals surface area contributed by atoms with Gasteiger partial charge in [-0.1, -0.05) is 41.6 Å². The average molecular weight is 431 g/mol. The maximum absolute atomic E-state index is 12.5. The molecular formula is C25H26N4O3. The summed E-state index contributed by atoms with van der Waals surface area (Å²) >= 11 is 0. The molecule has 0 saturated carbocycles. The van der Waals surface area contributed by atoms with E-state index < -0.39 is 0 Å². The summed E-state index contributed by atoms with van der Waals surface area (Å²) in [7, 11) is 0. The van der Waals surface area contributed by atoms with Crippen LogP contribution in [-0.4, -0.2) is 35.7 Å². The van der Waals surface area contributed by atoms with E-state index in [9.17, 15) is 4.79 Å². The summed E-state index contributed by atoms with van der Waals surface area (Å²) in [5.74, 6) is 0.390. The standard InChI is InChI=1S/C25H26N4O3/c1-16-8-5-11-19-17(2)22(31-21(16)19)23-27-25(32-28-23)24(30)26-13-7-15-29-14-6-10-18-9-3-4-12-20(18)29/h3-5,8-9,11-12H,6-7,10,13-15H2,1-2H3,(H,26,30). The number of furan rings is 1. The fourth-order valence-corrected chi connectivity index (χ4v) is 4.40. The Morgan fingerprint density at radius 2 is 2.03 bits per heavy atom. The summed E-state index contributed by atoms with van der Waals surface area (Å²) < 4.78 is 11.2. The van der Waals surface area contributed by atoms with Crippen molar-refractivity contribution < 1.29 is 13.7 Å². The van der Waals surface area contributed by atoms with Gasteiger partial charge in [-0.3, -0.25) is 4.79 Å². The maximum atomic E-state index is 12.5. The lowest BCUT2D eigenvalue weighted by Gasteiger charge is -2.31. The summed E-state index contributed by atoms with van der Waals surface area (Å²) in [6.07, 6.45) is 3.13. The summed E-state index contributed by atoms with van der Waals surface area (Å²) in [4.78, 5) is 19.2. The SMILES string of the molecule is Cc1c(-c2noc(C(=O)NCCCN3CCCc4ccccc43)n2)oc2c(C)cccc12. The third-order valence-electron chi connectivity index (χ3n) is 6.08. The van der Waals surface area contributed by atoms with E-state index in [4.69, 9.17) is 8.94 Å². The van der Waals surface area contributed by atoms with Crippen LogP contribution in [0.4, 0.5) is 5.69 Å². The molecule has 1 aliphatic heterocycles. The van der Waals surface area contributed by atoms with Crippen molar-refractivity contribution in [2.24, 2.45) is 0 Å². The van der Waals surface area contributed by atoms with Crippen LogP contribution >= 0.6 is 0 Å². The number of carbonyl (C=O) groups is 1. The van der Waals surface area contributed by atoms with E-state index in [-0.39, 0.29) is 17.6 Å². The summed E-state index contributed by atoms with van der Waals surface area (Å²) in [5.41, 5.74) is 5.48. The van der Waals surface area contributed by atoms with Crippen LogP contribution in [-0.2, 0) is 6.42 Å². The fourth-order valence-electron chi connectivity index (χ4n) is 4.40. The van der Waals surface area contributed by atoms with E-state index >= 15 is 0 Å². The lowest BCUT2D eigenvalue weighted by molar-refractivity contribution is 0.0909. The minimum Gasteiger partial charge on any atom is -0.452 e. The number of amides is 1. The molecule has 1 aliphatic rings. The molecule has 1 N–H and O–H groups in total. The molecule has 0 unspecified atom stereocenters. The molecular weight excluding hydrogens is 404 g/mol. The van der Waals surface area contributed by atoms with Gasteiger partial charge in [-0.2, -0.15) is 4.98 Å². The van der Waals surface area contributed by atoms with Crippen molar-refractivity contribution in [3.8, 4) is 11.6 Å². The number of anilines is 1. The Balaban J connectivity index is 1.20. The van der Waals surface area contributed by atoms with Crippen LogP contribution in [0.3, 0.4) is 0 Å². The van der Waals surface area contributed by atoms with Crippen molar-refractivity contribution in [2.75, 3.05) is 24.5 Å². The first-order chi connectivity index (χ1) is 15.6. The zero-order valence-corrected chi connectivity index (χ0v) is 18.4. The Bertz CT molecular complexity index is 1270. The molecule has 164 valence electrons. The predicted octanol–water partition coefficient (Wildman–Crippen LogP) is 4.67. The molecule has 32 heavy (non-hydrogen) atoms. The quantitative estimate of drug-likeness (QED) is 0.448. The number of carbonyl (C=O) groups excluding carboxylic acids is 1. The largest absolute Gasteiger partial charge is 0.452 e. The van der Waals surface area contributed by atoms with Gasteiger partial charge in [-0.05, 0) is 50.3 Å². The van der Waals surface area contributed by atoms with E-state index in [2.05, 4.69) is 44.6 Å². The maximum Gasteiger partial charge on any atom is 0.316 e. The normalized spacial score (nSPS) is 13.4. The highest BCUT2D eigenvalue weighted by atomic mass is 16.5. The van der Waals surface area contributed by atoms with Gasteiger partial charge in [-0.15, -0.1) is 0 Å². The first-order valence-corrected chi connectivity index (χ1v) is 11.1. The van der Waals surface area contributed by atoms with Crippen LogP contribution in [0.25, 0.3) is 22.6 Å². The Labute approximate surface area is 186 Å². The Morgan fingerprint density at radius 3 is 2.91 bits per heavy atom. The van der Waals surface area contributed by atoms with Gasteiger partial charge in [0, 0.05) is 36.3 Å². The number of nitrogens with one attached hydrogen (secondary N) is 1. The molecule has 0 spiro atoms. The lowest BCUT2D eigenvalue weighted by atomic mass is 10.0. The number of nitrogens with zero attached hydrogens (tertiary/aromatic N) is 3. The molecule has 0 fully saturated rings. The predicted molar refractivity (Wildman–Crippen MR) is 123 cm³/mol. The van der Waals surface area contributed by atoms with Crippen LogP contribution in [0.1, 0.15) is 40.2 Å².